The van der Waals surface area contributed by atoms with E-state index in [0.29, 0.717) is 24.8 Å². The molecule has 9 heteroatoms. The van der Waals surface area contributed by atoms with Gasteiger partial charge < -0.3 is 24.4 Å². The molecule has 1 aliphatic rings. The van der Waals surface area contributed by atoms with Gasteiger partial charge in [0.05, 0.1) is 26.0 Å². The first-order valence-corrected chi connectivity index (χ1v) is 7.58. The van der Waals surface area contributed by atoms with Gasteiger partial charge in [-0.3, -0.25) is 4.79 Å². The number of aliphatic carboxylic acids is 1. The summed E-state index contributed by atoms with van der Waals surface area (Å²) in [4.78, 5) is 37.5. The van der Waals surface area contributed by atoms with E-state index in [0.717, 1.165) is 0 Å². The molecule has 1 saturated heterocycles. The van der Waals surface area contributed by atoms with Crippen molar-refractivity contribution >= 4 is 29.7 Å². The first kappa shape index (κ1) is 17.6. The van der Waals surface area contributed by atoms with Crippen molar-refractivity contribution in [3.63, 3.8) is 0 Å². The largest absolute Gasteiger partial charge is 0.480 e. The zero-order valence-corrected chi connectivity index (χ0v) is 12.9. The lowest BCUT2D eigenvalue weighted by atomic mass is 10.3. The Morgan fingerprint density at radius 3 is 2.62 bits per heavy atom. The number of amides is 2. The highest BCUT2D eigenvalue weighted by Crippen LogP contribution is 2.22. The number of carboxylic acid groups (broad SMARTS) is 1. The van der Waals surface area contributed by atoms with Crippen LogP contribution in [0.2, 0.25) is 0 Å². The minimum Gasteiger partial charge on any atom is -0.480 e. The highest BCUT2D eigenvalue weighted by molar-refractivity contribution is 7.99. The van der Waals surface area contributed by atoms with E-state index in [1.165, 1.54) is 35.8 Å². The van der Waals surface area contributed by atoms with Crippen LogP contribution in [-0.4, -0.2) is 84.5 Å². The summed E-state index contributed by atoms with van der Waals surface area (Å²) < 4.78 is 9.49. The second-order valence-electron chi connectivity index (χ2n) is 4.41. The minimum atomic E-state index is -1.02. The Labute approximate surface area is 127 Å². The van der Waals surface area contributed by atoms with Gasteiger partial charge in [0.15, 0.2) is 0 Å². The van der Waals surface area contributed by atoms with Crippen molar-refractivity contribution in [2.75, 3.05) is 45.5 Å². The summed E-state index contributed by atoms with van der Waals surface area (Å²) in [5.74, 6) is -0.739. The highest BCUT2D eigenvalue weighted by Gasteiger charge is 2.36. The molecule has 0 aliphatic carbocycles. The number of thioether (sulfide) groups is 1. The molecule has 1 rings (SSSR count). The van der Waals surface area contributed by atoms with Crippen LogP contribution in [-0.2, 0) is 19.1 Å². The van der Waals surface area contributed by atoms with Gasteiger partial charge in [-0.15, -0.1) is 11.8 Å². The molecular formula is C12H20N2O6S. The lowest BCUT2D eigenvalue weighted by Gasteiger charge is -2.29. The maximum atomic E-state index is 12.4. The van der Waals surface area contributed by atoms with Gasteiger partial charge in [-0.25, -0.2) is 9.59 Å². The van der Waals surface area contributed by atoms with Crippen molar-refractivity contribution in [2.24, 2.45) is 0 Å². The summed E-state index contributed by atoms with van der Waals surface area (Å²) in [5.41, 5.74) is 0. The van der Waals surface area contributed by atoms with Crippen LogP contribution in [0.15, 0.2) is 0 Å². The topological polar surface area (TPSA) is 96.4 Å². The number of nitrogens with zero attached hydrogens (tertiary/aromatic N) is 2. The molecule has 1 fully saturated rings. The summed E-state index contributed by atoms with van der Waals surface area (Å²) in [6.45, 7) is 0.772. The highest BCUT2D eigenvalue weighted by atomic mass is 32.2. The predicted octanol–water partition coefficient (Wildman–Crippen LogP) is 0.0774. The van der Waals surface area contributed by atoms with Crippen molar-refractivity contribution in [1.29, 1.82) is 0 Å². The lowest BCUT2D eigenvalue weighted by Crippen LogP contribution is -2.50. The SMILES string of the molecule is COCCN(CCC(=O)OC)C(=O)N1CSC[C@H]1C(=O)O. The number of ether oxygens (including phenoxy) is 2. The van der Waals surface area contributed by atoms with E-state index < -0.39 is 24.0 Å². The number of carbonyl (C=O) groups is 3. The second-order valence-corrected chi connectivity index (χ2v) is 5.41. The molecule has 0 aromatic carbocycles. The number of hydrogen-bond donors (Lipinski definition) is 1. The van der Waals surface area contributed by atoms with Gasteiger partial charge in [0.25, 0.3) is 0 Å². The molecule has 21 heavy (non-hydrogen) atoms. The van der Waals surface area contributed by atoms with Gasteiger partial charge in [0.2, 0.25) is 0 Å². The smallest absolute Gasteiger partial charge is 0.327 e. The third-order valence-corrected chi connectivity index (χ3v) is 4.07. The fourth-order valence-corrected chi connectivity index (χ4v) is 2.99. The molecule has 120 valence electrons. The summed E-state index contributed by atoms with van der Waals surface area (Å²) in [5, 5.41) is 9.12. The maximum absolute atomic E-state index is 12.4. The molecule has 0 radical (unpaired) electrons. The number of carboxylic acids is 1. The minimum absolute atomic E-state index is 0.0602. The van der Waals surface area contributed by atoms with Gasteiger partial charge in [0, 0.05) is 26.0 Å². The molecule has 1 N–H and O–H groups in total. The van der Waals surface area contributed by atoms with Crippen molar-refractivity contribution in [2.45, 2.75) is 12.5 Å². The lowest BCUT2D eigenvalue weighted by molar-refractivity contribution is -0.142. The molecule has 2 amide bonds. The number of rotatable bonds is 7. The number of urea groups is 1. The molecule has 1 atom stereocenters. The maximum Gasteiger partial charge on any atom is 0.327 e. The Kier molecular flexibility index (Phi) is 7.30. The molecular weight excluding hydrogens is 300 g/mol. The van der Waals surface area contributed by atoms with Gasteiger partial charge in [0.1, 0.15) is 6.04 Å². The molecule has 0 unspecified atom stereocenters. The first-order valence-electron chi connectivity index (χ1n) is 6.43. The summed E-state index contributed by atoms with van der Waals surface area (Å²) >= 11 is 1.39. The number of carbonyl (C=O) groups excluding carboxylic acids is 2. The average Bonchev–Trinajstić information content (AvgIpc) is 2.96. The number of hydrogen-bond acceptors (Lipinski definition) is 6. The van der Waals surface area contributed by atoms with E-state index in [2.05, 4.69) is 4.74 Å². The van der Waals surface area contributed by atoms with Crippen LogP contribution < -0.4 is 0 Å². The molecule has 0 aromatic rings. The van der Waals surface area contributed by atoms with Gasteiger partial charge >= 0.3 is 18.0 Å². The summed E-state index contributed by atoms with van der Waals surface area (Å²) in [7, 11) is 2.79. The van der Waals surface area contributed by atoms with Gasteiger partial charge in [-0.1, -0.05) is 0 Å². The van der Waals surface area contributed by atoms with Crippen molar-refractivity contribution < 1.29 is 29.0 Å². The Morgan fingerprint density at radius 1 is 1.33 bits per heavy atom. The van der Waals surface area contributed by atoms with Crippen molar-refractivity contribution in [3.05, 3.63) is 0 Å². The zero-order valence-electron chi connectivity index (χ0n) is 12.1. The monoisotopic (exact) mass is 320 g/mol. The third-order valence-electron chi connectivity index (χ3n) is 3.06. The molecule has 0 saturated carbocycles. The Balaban J connectivity index is 2.69. The summed E-state index contributed by atoms with van der Waals surface area (Å²) in [6.07, 6.45) is 0.0602. The van der Waals surface area contributed by atoms with Crippen LogP contribution in [0.3, 0.4) is 0 Å². The third kappa shape index (κ3) is 5.09. The number of esters is 1. The van der Waals surface area contributed by atoms with E-state index in [9.17, 15) is 14.4 Å². The quantitative estimate of drug-likeness (QED) is 0.663. The first-order chi connectivity index (χ1) is 10.0. The fraction of sp³-hybridized carbons (Fsp3) is 0.750. The Bertz CT molecular complexity index is 392. The number of methoxy groups -OCH3 is 2. The Hall–Kier alpha value is -1.48. The fourth-order valence-electron chi connectivity index (χ4n) is 1.85. The molecule has 0 bridgehead atoms. The van der Waals surface area contributed by atoms with Crippen molar-refractivity contribution in [1.82, 2.24) is 9.80 Å². The van der Waals surface area contributed by atoms with E-state index in [1.54, 1.807) is 0 Å². The van der Waals surface area contributed by atoms with Gasteiger partial charge in [-0.2, -0.15) is 0 Å². The normalized spacial score (nSPS) is 17.6. The average molecular weight is 320 g/mol. The standard InChI is InChI=1S/C12H20N2O6S/c1-19-6-5-13(4-3-10(15)20-2)12(18)14-8-21-7-9(14)11(16)17/h9H,3-8H2,1-2H3,(H,16,17)/t9-/m0/s1. The zero-order chi connectivity index (χ0) is 15.8. The van der Waals surface area contributed by atoms with E-state index in [4.69, 9.17) is 9.84 Å². The predicted molar refractivity (Wildman–Crippen MR) is 76.1 cm³/mol. The van der Waals surface area contributed by atoms with E-state index in [-0.39, 0.29) is 13.0 Å². The van der Waals surface area contributed by atoms with Crippen LogP contribution in [0.1, 0.15) is 6.42 Å². The van der Waals surface area contributed by atoms with E-state index >= 15 is 0 Å². The second kappa shape index (κ2) is 8.73. The van der Waals surface area contributed by atoms with Crippen LogP contribution in [0, 0.1) is 0 Å². The van der Waals surface area contributed by atoms with Crippen LogP contribution >= 0.6 is 11.8 Å². The molecule has 1 aliphatic heterocycles. The van der Waals surface area contributed by atoms with E-state index in [1.807, 2.05) is 0 Å². The molecule has 8 nitrogen and oxygen atoms in total. The van der Waals surface area contributed by atoms with Crippen molar-refractivity contribution in [3.8, 4) is 0 Å². The van der Waals surface area contributed by atoms with Crippen LogP contribution in [0.4, 0.5) is 4.79 Å². The molecule has 0 aromatic heterocycles. The van der Waals surface area contributed by atoms with Gasteiger partial charge in [-0.05, 0) is 0 Å². The Morgan fingerprint density at radius 2 is 2.05 bits per heavy atom. The van der Waals surface area contributed by atoms with Crippen LogP contribution in [0.5, 0.6) is 0 Å². The summed E-state index contributed by atoms with van der Waals surface area (Å²) in [6, 6.07) is -1.22. The van der Waals surface area contributed by atoms with Crippen LogP contribution in [0.25, 0.3) is 0 Å². The molecule has 0 spiro atoms. The molecule has 1 heterocycles.